The van der Waals surface area contributed by atoms with E-state index in [9.17, 15) is 14.0 Å². The molecule has 1 amide bonds. The molecule has 0 aliphatic carbocycles. The second-order valence-corrected chi connectivity index (χ2v) is 8.14. The number of amides is 1. The lowest BCUT2D eigenvalue weighted by atomic mass is 10.0. The molecule has 5 N–H and O–H groups in total. The normalized spacial score (nSPS) is 10.8. The number of carbonyl (C=O) groups is 2. The van der Waals surface area contributed by atoms with Crippen LogP contribution in [0.2, 0.25) is 0 Å². The number of methoxy groups -OCH3 is 2. The molecule has 4 rings (SSSR count). The number of nitrogens with zero attached hydrogens (tertiary/aromatic N) is 5. The number of ether oxygens (including phenoxy) is 2. The van der Waals surface area contributed by atoms with Crippen LogP contribution in [-0.2, 0) is 22.6 Å². The molecule has 3 aromatic heterocycles. The molecule has 4 aromatic rings. The first-order valence-electron chi connectivity index (χ1n) is 11.6. The Balaban J connectivity index is 0.000000230. The molecule has 0 fully saturated rings. The van der Waals surface area contributed by atoms with Gasteiger partial charge in [-0.2, -0.15) is 0 Å². The molecule has 0 bridgehead atoms. The summed E-state index contributed by atoms with van der Waals surface area (Å²) in [6.07, 6.45) is 8.82. The van der Waals surface area contributed by atoms with E-state index in [0.717, 1.165) is 11.3 Å². The first-order chi connectivity index (χ1) is 18.8. The zero-order valence-electron chi connectivity index (χ0n) is 21.7. The maximum absolute atomic E-state index is 14.4. The average Bonchev–Trinajstić information content (AvgIpc) is 3.34. The van der Waals surface area contributed by atoms with Crippen LogP contribution in [0, 0.1) is 5.82 Å². The van der Waals surface area contributed by atoms with E-state index in [1.54, 1.807) is 19.2 Å². The summed E-state index contributed by atoms with van der Waals surface area (Å²) in [4.78, 5) is 34.0. The van der Waals surface area contributed by atoms with Crippen LogP contribution in [0.5, 0.6) is 5.75 Å². The molecule has 3 heterocycles. The molecule has 0 aliphatic rings. The van der Waals surface area contributed by atoms with Gasteiger partial charge in [0.15, 0.2) is 11.6 Å². The Hall–Kier alpha value is -5.04. The number of fused-ring (bicyclic) bond motifs is 1. The van der Waals surface area contributed by atoms with Crippen molar-refractivity contribution in [2.45, 2.75) is 20.0 Å². The molecule has 204 valence electrons. The van der Waals surface area contributed by atoms with E-state index >= 15 is 0 Å². The van der Waals surface area contributed by atoms with E-state index in [1.807, 2.05) is 35.0 Å². The molecular weight excluding hydrogens is 507 g/mol. The number of hydrazine groups is 1. The summed E-state index contributed by atoms with van der Waals surface area (Å²) in [7, 11) is 2.57. The molecule has 1 aromatic carbocycles. The van der Waals surface area contributed by atoms with Gasteiger partial charge in [0.1, 0.15) is 5.65 Å². The van der Waals surface area contributed by atoms with Crippen molar-refractivity contribution >= 4 is 18.0 Å². The Morgan fingerprint density at radius 1 is 1.21 bits per heavy atom. The van der Waals surface area contributed by atoms with Gasteiger partial charge in [-0.3, -0.25) is 4.79 Å². The van der Waals surface area contributed by atoms with E-state index in [4.69, 9.17) is 16.3 Å². The zero-order chi connectivity index (χ0) is 28.4. The number of nitrogens with two attached hydrogens (primary N) is 2. The fraction of sp³-hybridized carbons (Fsp3) is 0.192. The van der Waals surface area contributed by atoms with Gasteiger partial charge < -0.3 is 29.9 Å². The number of carbonyl (C=O) groups excluding carboxylic acids is 2. The van der Waals surface area contributed by atoms with E-state index < -0.39 is 11.8 Å². The molecular formula is C26H29FN8O4. The molecule has 0 saturated heterocycles. The Morgan fingerprint density at radius 2 is 1.95 bits per heavy atom. The van der Waals surface area contributed by atoms with Crippen molar-refractivity contribution in [1.82, 2.24) is 29.7 Å². The summed E-state index contributed by atoms with van der Waals surface area (Å²) in [6.45, 7) is 2.31. The fourth-order valence-electron chi connectivity index (χ4n) is 3.57. The lowest BCUT2D eigenvalue weighted by molar-refractivity contribution is -0.109. The first-order valence-corrected chi connectivity index (χ1v) is 11.6. The number of nitrogens with one attached hydrogen (secondary N) is 1. The van der Waals surface area contributed by atoms with Crippen molar-refractivity contribution in [2.24, 2.45) is 11.6 Å². The van der Waals surface area contributed by atoms with Crippen LogP contribution in [0.4, 0.5) is 4.39 Å². The molecule has 13 heteroatoms. The Labute approximate surface area is 224 Å². The number of rotatable bonds is 9. The monoisotopic (exact) mass is 536 g/mol. The van der Waals surface area contributed by atoms with E-state index in [1.165, 1.54) is 37.7 Å². The van der Waals surface area contributed by atoms with Crippen molar-refractivity contribution in [1.29, 1.82) is 0 Å². The highest BCUT2D eigenvalue weighted by atomic mass is 19.1. The van der Waals surface area contributed by atoms with Gasteiger partial charge in [-0.05, 0) is 30.7 Å². The molecule has 12 nitrogen and oxygen atoms in total. The number of hydrogen-bond acceptors (Lipinski definition) is 10. The predicted molar refractivity (Wildman–Crippen MR) is 141 cm³/mol. The van der Waals surface area contributed by atoms with Crippen LogP contribution >= 0.6 is 0 Å². The SMILES string of the molecule is C/C(N)=C/N(N)Cc1cn2ccccc2n1.COC(=O)c1ncc(-c2ccc(OC)c(F)c2CNC=O)cn1. The Bertz CT molecular complexity index is 1420. The molecule has 0 atom stereocenters. The summed E-state index contributed by atoms with van der Waals surface area (Å²) >= 11 is 0. The number of aromatic nitrogens is 4. The number of hydrogen-bond donors (Lipinski definition) is 3. The summed E-state index contributed by atoms with van der Waals surface area (Å²) < 4.78 is 25.8. The third-order valence-corrected chi connectivity index (χ3v) is 5.25. The minimum Gasteiger partial charge on any atom is -0.494 e. The van der Waals surface area contributed by atoms with E-state index in [0.29, 0.717) is 29.8 Å². The van der Waals surface area contributed by atoms with Gasteiger partial charge in [0.2, 0.25) is 12.2 Å². The standard InChI is InChI=1S/C15H14FN3O4.C11H15N5/c1-22-12-4-3-10(11(13(12)16)7-17-8-20)9-5-18-14(19-6-9)15(21)23-2;1-9(12)6-16(13)8-10-7-15-5-3-2-4-11(15)14-10/h3-6,8H,7H2,1-2H3,(H,17,20);2-7H,8,12-13H2,1H3/b;9-6-. The van der Waals surface area contributed by atoms with Crippen molar-refractivity contribution in [3.63, 3.8) is 0 Å². The van der Waals surface area contributed by atoms with Gasteiger partial charge in [-0.25, -0.2) is 30.0 Å². The van der Waals surface area contributed by atoms with E-state index in [2.05, 4.69) is 25.0 Å². The summed E-state index contributed by atoms with van der Waals surface area (Å²) in [5.74, 6) is 4.46. The van der Waals surface area contributed by atoms with Gasteiger partial charge in [0.25, 0.3) is 0 Å². The molecule has 0 saturated carbocycles. The van der Waals surface area contributed by atoms with Crippen LogP contribution < -0.4 is 21.6 Å². The Morgan fingerprint density at radius 3 is 2.56 bits per heavy atom. The number of esters is 1. The number of pyridine rings is 1. The van der Waals surface area contributed by atoms with Gasteiger partial charge in [0, 0.05) is 54.4 Å². The number of imidazole rings is 1. The first kappa shape index (κ1) is 28.5. The van der Waals surface area contributed by atoms with Gasteiger partial charge in [0.05, 0.1) is 26.5 Å². The lowest BCUT2D eigenvalue weighted by Gasteiger charge is -2.13. The smallest absolute Gasteiger partial charge is 0.376 e. The van der Waals surface area contributed by atoms with Gasteiger partial charge in [-0.1, -0.05) is 12.1 Å². The number of allylic oxidation sites excluding steroid dienone is 1. The number of halogens is 1. The van der Waals surface area contributed by atoms with Crippen molar-refractivity contribution in [3.8, 4) is 16.9 Å². The van der Waals surface area contributed by atoms with Crippen molar-refractivity contribution in [3.05, 3.63) is 89.9 Å². The maximum Gasteiger partial charge on any atom is 0.376 e. The van der Waals surface area contributed by atoms with Crippen molar-refractivity contribution in [2.75, 3.05) is 14.2 Å². The van der Waals surface area contributed by atoms with Crippen LogP contribution in [-0.4, -0.2) is 51.0 Å². The highest BCUT2D eigenvalue weighted by Gasteiger charge is 2.17. The fourth-order valence-corrected chi connectivity index (χ4v) is 3.57. The average molecular weight is 537 g/mol. The summed E-state index contributed by atoms with van der Waals surface area (Å²) in [5, 5.41) is 3.94. The van der Waals surface area contributed by atoms with Crippen molar-refractivity contribution < 1.29 is 23.5 Å². The lowest BCUT2D eigenvalue weighted by Crippen LogP contribution is -2.25. The largest absolute Gasteiger partial charge is 0.494 e. The van der Waals surface area contributed by atoms with Crippen LogP contribution in [0.3, 0.4) is 0 Å². The quantitative estimate of drug-likeness (QED) is 0.125. The second-order valence-electron chi connectivity index (χ2n) is 8.14. The van der Waals surface area contributed by atoms with Crippen LogP contribution in [0.25, 0.3) is 16.8 Å². The highest BCUT2D eigenvalue weighted by Crippen LogP contribution is 2.30. The molecule has 0 spiro atoms. The minimum atomic E-state index is -0.666. The Kier molecular flexibility index (Phi) is 9.87. The molecule has 39 heavy (non-hydrogen) atoms. The zero-order valence-corrected chi connectivity index (χ0v) is 21.7. The molecule has 0 aliphatic heterocycles. The predicted octanol–water partition coefficient (Wildman–Crippen LogP) is 2.15. The molecule has 0 radical (unpaired) electrons. The van der Waals surface area contributed by atoms with Gasteiger partial charge >= 0.3 is 5.97 Å². The summed E-state index contributed by atoms with van der Waals surface area (Å²) in [6, 6.07) is 8.96. The van der Waals surface area contributed by atoms with Gasteiger partial charge in [-0.15, -0.1) is 0 Å². The third kappa shape index (κ3) is 7.49. The number of benzene rings is 1. The third-order valence-electron chi connectivity index (χ3n) is 5.25. The minimum absolute atomic E-state index is 0.0272. The summed E-state index contributed by atoms with van der Waals surface area (Å²) in [5.41, 5.74) is 9.23. The highest BCUT2D eigenvalue weighted by molar-refractivity contribution is 5.85. The maximum atomic E-state index is 14.4. The topological polar surface area (TPSA) is 163 Å². The second kappa shape index (κ2) is 13.5. The van der Waals surface area contributed by atoms with Crippen LogP contribution in [0.1, 0.15) is 28.8 Å². The van der Waals surface area contributed by atoms with E-state index in [-0.39, 0.29) is 23.7 Å². The van der Waals surface area contributed by atoms with Crippen LogP contribution in [0.15, 0.2) is 67.0 Å². The molecule has 0 unspecified atom stereocenters.